The van der Waals surface area contributed by atoms with E-state index in [4.69, 9.17) is 5.26 Å². The molecule has 19 heavy (non-hydrogen) atoms. The van der Waals surface area contributed by atoms with Crippen molar-refractivity contribution >= 4 is 15.8 Å². The predicted molar refractivity (Wildman–Crippen MR) is 68.2 cm³/mol. The van der Waals surface area contributed by atoms with Gasteiger partial charge >= 0.3 is 5.97 Å². The molecule has 3 atom stereocenters. The minimum absolute atomic E-state index is 0.574. The first-order valence-corrected chi connectivity index (χ1v) is 7.60. The Bertz CT molecular complexity index is 672. The smallest absolute Gasteiger partial charge is 0.326 e. The molecule has 2 rings (SSSR count). The molecule has 0 saturated heterocycles. The molecule has 0 aliphatic heterocycles. The summed E-state index contributed by atoms with van der Waals surface area (Å²) in [7, 11) is -3.61. The average Bonchev–Trinajstić information content (AvgIpc) is 3.00. The van der Waals surface area contributed by atoms with Crippen LogP contribution < -0.4 is 0 Å². The Hall–Kier alpha value is -1.87. The lowest BCUT2D eigenvalue weighted by Crippen LogP contribution is -2.21. The summed E-state index contributed by atoms with van der Waals surface area (Å²) in [6.07, 6.45) is 0.973. The van der Waals surface area contributed by atoms with Gasteiger partial charge in [0.05, 0.1) is 6.07 Å². The first-order chi connectivity index (χ1) is 8.75. The van der Waals surface area contributed by atoms with Gasteiger partial charge in [-0.2, -0.15) is 5.26 Å². The van der Waals surface area contributed by atoms with E-state index in [9.17, 15) is 18.3 Å². The molecule has 0 spiro atoms. The molecule has 1 aromatic rings. The largest absolute Gasteiger partial charge is 0.480 e. The summed E-state index contributed by atoms with van der Waals surface area (Å²) in [6.45, 7) is 1.87. The molecular formula is C13H13NO4S. The van der Waals surface area contributed by atoms with Crippen molar-refractivity contribution in [3.8, 4) is 6.07 Å². The van der Waals surface area contributed by atoms with Gasteiger partial charge in [-0.3, -0.25) is 4.79 Å². The second-order valence-electron chi connectivity index (χ2n) is 4.92. The Morgan fingerprint density at radius 2 is 1.89 bits per heavy atom. The number of sulfone groups is 1. The SMILES string of the molecule is Cc1ccc([C@@H]2[C@H](S(C)(=O)=O)[C@]2(C#N)C(=O)O)cc1. The van der Waals surface area contributed by atoms with E-state index in [1.165, 1.54) is 0 Å². The second-order valence-corrected chi connectivity index (χ2v) is 7.09. The van der Waals surface area contributed by atoms with Crippen molar-refractivity contribution < 1.29 is 18.3 Å². The first kappa shape index (κ1) is 13.6. The molecule has 1 fully saturated rings. The van der Waals surface area contributed by atoms with Gasteiger partial charge in [0, 0.05) is 12.2 Å². The topological polar surface area (TPSA) is 95.2 Å². The minimum Gasteiger partial charge on any atom is -0.480 e. The van der Waals surface area contributed by atoms with Crippen LogP contribution in [0.3, 0.4) is 0 Å². The third kappa shape index (κ3) is 1.90. The maximum absolute atomic E-state index is 11.7. The number of benzene rings is 1. The van der Waals surface area contributed by atoms with Gasteiger partial charge < -0.3 is 5.11 Å². The summed E-state index contributed by atoms with van der Waals surface area (Å²) in [6, 6.07) is 8.60. The van der Waals surface area contributed by atoms with Gasteiger partial charge in [-0.05, 0) is 12.5 Å². The molecule has 0 bridgehead atoms. The van der Waals surface area contributed by atoms with E-state index in [0.29, 0.717) is 5.56 Å². The molecule has 0 amide bonds. The molecule has 0 heterocycles. The summed E-state index contributed by atoms with van der Waals surface area (Å²) in [5.74, 6) is -2.18. The highest BCUT2D eigenvalue weighted by Gasteiger charge is 2.76. The third-order valence-corrected chi connectivity index (χ3v) is 5.14. The zero-order chi connectivity index (χ0) is 14.4. The molecule has 100 valence electrons. The zero-order valence-electron chi connectivity index (χ0n) is 10.5. The fraction of sp³-hybridized carbons (Fsp3) is 0.385. The maximum atomic E-state index is 11.7. The molecule has 0 aromatic heterocycles. The third-order valence-electron chi connectivity index (χ3n) is 3.57. The van der Waals surface area contributed by atoms with Crippen LogP contribution in [0.15, 0.2) is 24.3 Å². The van der Waals surface area contributed by atoms with Gasteiger partial charge in [0.25, 0.3) is 0 Å². The molecule has 1 aromatic carbocycles. The van der Waals surface area contributed by atoms with Crippen LogP contribution in [0.5, 0.6) is 0 Å². The van der Waals surface area contributed by atoms with Gasteiger partial charge in [-0.25, -0.2) is 8.42 Å². The number of nitriles is 1. The van der Waals surface area contributed by atoms with Crippen molar-refractivity contribution in [3.05, 3.63) is 35.4 Å². The Kier molecular flexibility index (Phi) is 2.90. The van der Waals surface area contributed by atoms with Crippen LogP contribution in [0.4, 0.5) is 0 Å². The van der Waals surface area contributed by atoms with E-state index < -0.39 is 32.4 Å². The van der Waals surface area contributed by atoms with Crippen LogP contribution in [-0.2, 0) is 14.6 Å². The van der Waals surface area contributed by atoms with Gasteiger partial charge in [-0.1, -0.05) is 29.8 Å². The second kappa shape index (κ2) is 4.07. The van der Waals surface area contributed by atoms with Crippen LogP contribution >= 0.6 is 0 Å². The minimum atomic E-state index is -3.61. The zero-order valence-corrected chi connectivity index (χ0v) is 11.3. The van der Waals surface area contributed by atoms with E-state index in [1.54, 1.807) is 30.3 Å². The molecule has 1 aliphatic rings. The number of hydrogen-bond acceptors (Lipinski definition) is 4. The summed E-state index contributed by atoms with van der Waals surface area (Å²) in [4.78, 5) is 11.3. The van der Waals surface area contributed by atoms with Crippen LogP contribution in [0.2, 0.25) is 0 Å². The van der Waals surface area contributed by atoms with Gasteiger partial charge in [0.2, 0.25) is 0 Å². The van der Waals surface area contributed by atoms with Crippen LogP contribution in [0.25, 0.3) is 0 Å². The van der Waals surface area contributed by atoms with Crippen molar-refractivity contribution in [2.75, 3.05) is 6.26 Å². The normalized spacial score (nSPS) is 29.5. The van der Waals surface area contributed by atoms with Crippen molar-refractivity contribution in [1.29, 1.82) is 5.26 Å². The van der Waals surface area contributed by atoms with Crippen LogP contribution in [0, 0.1) is 23.7 Å². The van der Waals surface area contributed by atoms with E-state index in [2.05, 4.69) is 0 Å². The number of aryl methyl sites for hydroxylation is 1. The molecule has 1 N–H and O–H groups in total. The van der Waals surface area contributed by atoms with Gasteiger partial charge in [-0.15, -0.1) is 0 Å². The monoisotopic (exact) mass is 279 g/mol. The van der Waals surface area contributed by atoms with Crippen molar-refractivity contribution in [2.24, 2.45) is 5.41 Å². The summed E-state index contributed by atoms with van der Waals surface area (Å²) >= 11 is 0. The van der Waals surface area contributed by atoms with E-state index in [-0.39, 0.29) is 0 Å². The van der Waals surface area contributed by atoms with Crippen LogP contribution in [-0.4, -0.2) is 31.0 Å². The lowest BCUT2D eigenvalue weighted by molar-refractivity contribution is -0.141. The molecule has 0 radical (unpaired) electrons. The summed E-state index contributed by atoms with van der Waals surface area (Å²) in [5.41, 5.74) is -0.300. The summed E-state index contributed by atoms with van der Waals surface area (Å²) in [5, 5.41) is 17.2. The van der Waals surface area contributed by atoms with E-state index in [0.717, 1.165) is 11.8 Å². The molecule has 0 unspecified atom stereocenters. The van der Waals surface area contributed by atoms with Crippen molar-refractivity contribution in [1.82, 2.24) is 0 Å². The van der Waals surface area contributed by atoms with Gasteiger partial charge in [0.1, 0.15) is 5.25 Å². The average molecular weight is 279 g/mol. The Morgan fingerprint density at radius 1 is 1.37 bits per heavy atom. The molecule has 6 heteroatoms. The van der Waals surface area contributed by atoms with E-state index in [1.807, 2.05) is 6.92 Å². The maximum Gasteiger partial charge on any atom is 0.326 e. The number of hydrogen-bond donors (Lipinski definition) is 1. The highest BCUT2D eigenvalue weighted by Crippen LogP contribution is 2.62. The molecule has 1 aliphatic carbocycles. The number of aliphatic carboxylic acids is 1. The highest BCUT2D eigenvalue weighted by atomic mass is 32.2. The molecule has 5 nitrogen and oxygen atoms in total. The number of carbonyl (C=O) groups is 1. The quantitative estimate of drug-likeness (QED) is 0.893. The van der Waals surface area contributed by atoms with Crippen molar-refractivity contribution in [3.63, 3.8) is 0 Å². The van der Waals surface area contributed by atoms with Crippen molar-refractivity contribution in [2.45, 2.75) is 18.1 Å². The lowest BCUT2D eigenvalue weighted by Gasteiger charge is -2.02. The molecular weight excluding hydrogens is 266 g/mol. The Labute approximate surface area is 111 Å². The fourth-order valence-electron chi connectivity index (χ4n) is 2.59. The predicted octanol–water partition coefficient (Wildman–Crippen LogP) is 1.10. The fourth-order valence-corrected chi connectivity index (χ4v) is 4.35. The number of carboxylic acids is 1. The standard InChI is InChI=1S/C13H13NO4S/c1-8-3-5-9(6-4-8)10-11(19(2,17)18)13(10,7-14)12(15)16/h3-6,10-11H,1-2H3,(H,15,16)/t10-,11+,13-/m1/s1. The van der Waals surface area contributed by atoms with E-state index >= 15 is 0 Å². The Morgan fingerprint density at radius 3 is 2.21 bits per heavy atom. The van der Waals surface area contributed by atoms with Gasteiger partial charge in [0.15, 0.2) is 15.3 Å². The summed E-state index contributed by atoms with van der Waals surface area (Å²) < 4.78 is 23.4. The lowest BCUT2D eigenvalue weighted by atomic mass is 10.00. The molecule has 1 saturated carbocycles. The Balaban J connectivity index is 2.54. The number of rotatable bonds is 3. The number of nitrogens with zero attached hydrogens (tertiary/aromatic N) is 1. The highest BCUT2D eigenvalue weighted by molar-refractivity contribution is 7.91. The first-order valence-electron chi connectivity index (χ1n) is 5.65. The number of carboxylic acid groups (broad SMARTS) is 1. The van der Waals surface area contributed by atoms with Crippen LogP contribution in [0.1, 0.15) is 17.0 Å².